The molecule has 0 saturated heterocycles. The van der Waals surface area contributed by atoms with Crippen LogP contribution in [-0.2, 0) is 11.2 Å². The zero-order valence-electron chi connectivity index (χ0n) is 12.8. The lowest BCUT2D eigenvalue weighted by atomic mass is 10.2. The molecule has 0 bridgehead atoms. The molecule has 0 aliphatic carbocycles. The van der Waals surface area contributed by atoms with Crippen molar-refractivity contribution in [3.05, 3.63) is 57.9 Å². The molecular weight excluding hydrogens is 389 g/mol. The van der Waals surface area contributed by atoms with E-state index in [9.17, 15) is 4.79 Å². The Morgan fingerprint density at radius 1 is 1.32 bits per heavy atom. The van der Waals surface area contributed by atoms with Crippen molar-refractivity contribution in [1.82, 2.24) is 9.88 Å². The molecule has 1 aromatic carbocycles. The van der Waals surface area contributed by atoms with Crippen LogP contribution in [0.1, 0.15) is 12.6 Å². The summed E-state index contributed by atoms with van der Waals surface area (Å²) in [6.07, 6.45) is 2.63. The Kier molecular flexibility index (Phi) is 6.33. The summed E-state index contributed by atoms with van der Waals surface area (Å²) in [5, 5.41) is 2.96. The van der Waals surface area contributed by atoms with E-state index in [1.54, 1.807) is 6.20 Å². The average molecular weight is 409 g/mol. The first kappa shape index (κ1) is 16.9. The number of pyridine rings is 1. The zero-order chi connectivity index (χ0) is 15.9. The van der Waals surface area contributed by atoms with Crippen LogP contribution in [0, 0.1) is 3.57 Å². The number of hydrogen-bond acceptors (Lipinski definition) is 3. The maximum absolute atomic E-state index is 12.3. The minimum Gasteiger partial charge on any atom is -0.325 e. The maximum Gasteiger partial charge on any atom is 0.241 e. The van der Waals surface area contributed by atoms with Crippen LogP contribution in [0.25, 0.3) is 0 Å². The second kappa shape index (κ2) is 8.24. The molecule has 0 aliphatic rings. The molecule has 1 heterocycles. The van der Waals surface area contributed by atoms with Gasteiger partial charge < -0.3 is 5.32 Å². The summed E-state index contributed by atoms with van der Waals surface area (Å²) in [7, 11) is 1.96. The number of benzene rings is 1. The number of nitrogens with one attached hydrogen (secondary N) is 1. The SMILES string of the molecule is CC(C(=O)Nc1cccc(I)c1)N(C)CCc1ccccn1. The van der Waals surface area contributed by atoms with E-state index in [0.717, 1.165) is 27.9 Å². The van der Waals surface area contributed by atoms with Crippen molar-refractivity contribution in [2.45, 2.75) is 19.4 Å². The summed E-state index contributed by atoms with van der Waals surface area (Å²) in [6, 6.07) is 13.5. The number of halogens is 1. The fourth-order valence-corrected chi connectivity index (χ4v) is 2.59. The summed E-state index contributed by atoms with van der Waals surface area (Å²) < 4.78 is 1.10. The Morgan fingerprint density at radius 3 is 2.82 bits per heavy atom. The van der Waals surface area contributed by atoms with E-state index in [0.29, 0.717) is 0 Å². The van der Waals surface area contributed by atoms with Gasteiger partial charge in [-0.15, -0.1) is 0 Å². The molecule has 116 valence electrons. The lowest BCUT2D eigenvalue weighted by Crippen LogP contribution is -2.40. The highest BCUT2D eigenvalue weighted by Crippen LogP contribution is 2.13. The summed E-state index contributed by atoms with van der Waals surface area (Å²) in [5.74, 6) is 0.00511. The van der Waals surface area contributed by atoms with Crippen LogP contribution in [0.5, 0.6) is 0 Å². The van der Waals surface area contributed by atoms with Gasteiger partial charge in [-0.3, -0.25) is 14.7 Å². The zero-order valence-corrected chi connectivity index (χ0v) is 14.9. The van der Waals surface area contributed by atoms with Crippen molar-refractivity contribution in [1.29, 1.82) is 0 Å². The Hall–Kier alpha value is -1.47. The number of aromatic nitrogens is 1. The highest BCUT2D eigenvalue weighted by atomic mass is 127. The molecule has 1 unspecified atom stereocenters. The van der Waals surface area contributed by atoms with Gasteiger partial charge in [-0.1, -0.05) is 12.1 Å². The van der Waals surface area contributed by atoms with E-state index in [1.165, 1.54) is 0 Å². The molecule has 1 atom stereocenters. The van der Waals surface area contributed by atoms with Crippen molar-refractivity contribution in [3.63, 3.8) is 0 Å². The molecule has 4 nitrogen and oxygen atoms in total. The van der Waals surface area contributed by atoms with Crippen LogP contribution < -0.4 is 5.32 Å². The second-order valence-electron chi connectivity index (χ2n) is 5.23. The molecule has 1 aromatic heterocycles. The van der Waals surface area contributed by atoms with Gasteiger partial charge in [0.1, 0.15) is 0 Å². The van der Waals surface area contributed by atoms with E-state index in [1.807, 2.05) is 61.3 Å². The highest BCUT2D eigenvalue weighted by molar-refractivity contribution is 14.1. The third-order valence-corrected chi connectivity index (χ3v) is 4.25. The third kappa shape index (κ3) is 5.06. The minimum atomic E-state index is -0.193. The largest absolute Gasteiger partial charge is 0.325 e. The van der Waals surface area contributed by atoms with Gasteiger partial charge in [0.25, 0.3) is 0 Å². The van der Waals surface area contributed by atoms with Crippen LogP contribution >= 0.6 is 22.6 Å². The number of likely N-dealkylation sites (N-methyl/N-ethyl adjacent to an activating group) is 1. The van der Waals surface area contributed by atoms with Crippen LogP contribution in [0.3, 0.4) is 0 Å². The maximum atomic E-state index is 12.3. The van der Waals surface area contributed by atoms with Crippen molar-refractivity contribution in [3.8, 4) is 0 Å². The van der Waals surface area contributed by atoms with Gasteiger partial charge in [0, 0.05) is 34.1 Å². The Bertz CT molecular complexity index is 618. The first-order valence-electron chi connectivity index (χ1n) is 7.23. The number of carbonyl (C=O) groups is 1. The van der Waals surface area contributed by atoms with E-state index >= 15 is 0 Å². The second-order valence-corrected chi connectivity index (χ2v) is 6.47. The normalized spacial score (nSPS) is 12.2. The van der Waals surface area contributed by atoms with Gasteiger partial charge in [0.05, 0.1) is 6.04 Å². The molecule has 0 radical (unpaired) electrons. The van der Waals surface area contributed by atoms with Crippen LogP contribution in [-0.4, -0.2) is 35.4 Å². The van der Waals surface area contributed by atoms with Gasteiger partial charge in [0.15, 0.2) is 0 Å². The van der Waals surface area contributed by atoms with E-state index in [2.05, 4.69) is 32.9 Å². The molecule has 1 N–H and O–H groups in total. The van der Waals surface area contributed by atoms with Crippen molar-refractivity contribution in [2.75, 3.05) is 18.9 Å². The molecule has 22 heavy (non-hydrogen) atoms. The van der Waals surface area contributed by atoms with Gasteiger partial charge in [0.2, 0.25) is 5.91 Å². The number of anilines is 1. The molecule has 0 saturated carbocycles. The Morgan fingerprint density at radius 2 is 2.14 bits per heavy atom. The molecule has 0 spiro atoms. The topological polar surface area (TPSA) is 45.2 Å². The number of hydrogen-bond donors (Lipinski definition) is 1. The first-order chi connectivity index (χ1) is 10.6. The molecule has 5 heteroatoms. The number of carbonyl (C=O) groups excluding carboxylic acids is 1. The monoisotopic (exact) mass is 409 g/mol. The Labute approximate surface area is 145 Å². The predicted molar refractivity (Wildman–Crippen MR) is 97.8 cm³/mol. The average Bonchev–Trinajstić information content (AvgIpc) is 2.53. The smallest absolute Gasteiger partial charge is 0.241 e. The van der Waals surface area contributed by atoms with Crippen LogP contribution in [0.2, 0.25) is 0 Å². The van der Waals surface area contributed by atoms with E-state index in [-0.39, 0.29) is 11.9 Å². The fourth-order valence-electron chi connectivity index (χ4n) is 2.04. The van der Waals surface area contributed by atoms with Gasteiger partial charge in [-0.05, 0) is 66.9 Å². The summed E-state index contributed by atoms with van der Waals surface area (Å²) in [4.78, 5) is 18.6. The minimum absolute atomic E-state index is 0.00511. The molecule has 2 aromatic rings. The van der Waals surface area contributed by atoms with Crippen LogP contribution in [0.15, 0.2) is 48.7 Å². The van der Waals surface area contributed by atoms with Gasteiger partial charge in [-0.2, -0.15) is 0 Å². The molecular formula is C17H20IN3O. The summed E-state index contributed by atoms with van der Waals surface area (Å²) in [5.41, 5.74) is 1.88. The van der Waals surface area contributed by atoms with Crippen molar-refractivity contribution >= 4 is 34.2 Å². The first-order valence-corrected chi connectivity index (χ1v) is 8.30. The van der Waals surface area contributed by atoms with Crippen LogP contribution in [0.4, 0.5) is 5.69 Å². The summed E-state index contributed by atoms with van der Waals surface area (Å²) in [6.45, 7) is 2.71. The van der Waals surface area contributed by atoms with Gasteiger partial charge in [-0.25, -0.2) is 0 Å². The van der Waals surface area contributed by atoms with Crippen molar-refractivity contribution in [2.24, 2.45) is 0 Å². The third-order valence-electron chi connectivity index (χ3n) is 3.58. The fraction of sp³-hybridized carbons (Fsp3) is 0.294. The number of rotatable bonds is 6. The number of amides is 1. The highest BCUT2D eigenvalue weighted by Gasteiger charge is 2.18. The summed E-state index contributed by atoms with van der Waals surface area (Å²) >= 11 is 2.23. The van der Waals surface area contributed by atoms with E-state index in [4.69, 9.17) is 0 Å². The lowest BCUT2D eigenvalue weighted by molar-refractivity contribution is -0.120. The Balaban J connectivity index is 1.86. The molecule has 1 amide bonds. The van der Waals surface area contributed by atoms with Crippen molar-refractivity contribution < 1.29 is 4.79 Å². The predicted octanol–water partition coefficient (Wildman–Crippen LogP) is 3.19. The van der Waals surface area contributed by atoms with E-state index < -0.39 is 0 Å². The number of nitrogens with zero attached hydrogens (tertiary/aromatic N) is 2. The molecule has 0 aliphatic heterocycles. The van der Waals surface area contributed by atoms with Gasteiger partial charge >= 0.3 is 0 Å². The molecule has 0 fully saturated rings. The lowest BCUT2D eigenvalue weighted by Gasteiger charge is -2.23. The molecule has 2 rings (SSSR count). The standard InChI is InChI=1S/C17H20IN3O/c1-13(17(22)20-16-8-5-6-14(18)12-16)21(2)11-9-15-7-3-4-10-19-15/h3-8,10,12-13H,9,11H2,1-2H3,(H,20,22). The quantitative estimate of drug-likeness (QED) is 0.746.